The smallest absolute Gasteiger partial charge is 0.244 e. The number of rotatable bonds is 5. The summed E-state index contributed by atoms with van der Waals surface area (Å²) >= 11 is 3.40. The van der Waals surface area contributed by atoms with Gasteiger partial charge in [-0.3, -0.25) is 0 Å². The van der Waals surface area contributed by atoms with E-state index < -0.39 is 10.0 Å². The highest BCUT2D eigenvalue weighted by molar-refractivity contribution is 9.10. The van der Waals surface area contributed by atoms with E-state index >= 15 is 0 Å². The van der Waals surface area contributed by atoms with Crippen molar-refractivity contribution in [3.63, 3.8) is 0 Å². The SMILES string of the molecule is CNCCC1CCCCN1S(=O)(=O)c1ccc(C)cc1Br. The van der Waals surface area contributed by atoms with Gasteiger partial charge in [-0.1, -0.05) is 12.5 Å². The molecule has 0 aromatic heterocycles. The second kappa shape index (κ2) is 7.22. The van der Waals surface area contributed by atoms with Crippen molar-refractivity contribution in [2.75, 3.05) is 20.1 Å². The zero-order chi connectivity index (χ0) is 15.5. The molecule has 1 N–H and O–H groups in total. The van der Waals surface area contributed by atoms with E-state index in [-0.39, 0.29) is 6.04 Å². The largest absolute Gasteiger partial charge is 0.320 e. The molecule has 1 aromatic carbocycles. The van der Waals surface area contributed by atoms with Gasteiger partial charge in [0.1, 0.15) is 0 Å². The third-order valence-corrected chi connectivity index (χ3v) is 6.90. The van der Waals surface area contributed by atoms with Crippen LogP contribution in [0, 0.1) is 6.92 Å². The molecule has 1 fully saturated rings. The molecule has 1 aliphatic rings. The minimum Gasteiger partial charge on any atom is -0.320 e. The number of halogens is 1. The summed E-state index contributed by atoms with van der Waals surface area (Å²) in [7, 11) is -1.53. The van der Waals surface area contributed by atoms with Crippen molar-refractivity contribution in [2.24, 2.45) is 0 Å². The Labute approximate surface area is 136 Å². The second-order valence-electron chi connectivity index (χ2n) is 5.59. The van der Waals surface area contributed by atoms with Gasteiger partial charge in [-0.05, 0) is 73.4 Å². The lowest BCUT2D eigenvalue weighted by Gasteiger charge is -2.35. The normalized spacial score (nSPS) is 20.6. The quantitative estimate of drug-likeness (QED) is 0.861. The molecule has 1 aromatic rings. The molecule has 1 aliphatic heterocycles. The van der Waals surface area contributed by atoms with E-state index in [1.807, 2.05) is 26.1 Å². The van der Waals surface area contributed by atoms with Crippen LogP contribution in [0.4, 0.5) is 0 Å². The molecule has 118 valence electrons. The molecule has 1 atom stereocenters. The molecule has 0 spiro atoms. The fraction of sp³-hybridized carbons (Fsp3) is 0.600. The van der Waals surface area contributed by atoms with Gasteiger partial charge in [0.15, 0.2) is 0 Å². The number of benzene rings is 1. The van der Waals surface area contributed by atoms with Crippen LogP contribution in [-0.2, 0) is 10.0 Å². The maximum Gasteiger partial charge on any atom is 0.244 e. The van der Waals surface area contributed by atoms with Gasteiger partial charge in [-0.2, -0.15) is 4.31 Å². The molecule has 0 bridgehead atoms. The highest BCUT2D eigenvalue weighted by Gasteiger charge is 2.34. The first-order chi connectivity index (χ1) is 9.96. The topological polar surface area (TPSA) is 49.4 Å². The van der Waals surface area contributed by atoms with Crippen molar-refractivity contribution < 1.29 is 8.42 Å². The van der Waals surface area contributed by atoms with Gasteiger partial charge in [-0.25, -0.2) is 8.42 Å². The van der Waals surface area contributed by atoms with E-state index in [0.717, 1.165) is 37.8 Å². The van der Waals surface area contributed by atoms with E-state index in [0.29, 0.717) is 15.9 Å². The van der Waals surface area contributed by atoms with Crippen molar-refractivity contribution in [1.82, 2.24) is 9.62 Å². The van der Waals surface area contributed by atoms with E-state index in [1.54, 1.807) is 10.4 Å². The fourth-order valence-electron chi connectivity index (χ4n) is 2.83. The van der Waals surface area contributed by atoms with Crippen LogP contribution < -0.4 is 5.32 Å². The van der Waals surface area contributed by atoms with Crippen molar-refractivity contribution in [1.29, 1.82) is 0 Å². The molecule has 2 rings (SSSR count). The van der Waals surface area contributed by atoms with Crippen LogP contribution in [0.2, 0.25) is 0 Å². The van der Waals surface area contributed by atoms with E-state index in [4.69, 9.17) is 0 Å². The molecule has 6 heteroatoms. The standard InChI is InChI=1S/C15H23BrN2O2S/c1-12-6-7-15(14(16)11-12)21(19,20)18-10-4-3-5-13(18)8-9-17-2/h6-7,11,13,17H,3-5,8-10H2,1-2H3. The number of nitrogens with one attached hydrogen (secondary N) is 1. The summed E-state index contributed by atoms with van der Waals surface area (Å²) in [5.74, 6) is 0. The Kier molecular flexibility index (Phi) is 5.82. The van der Waals surface area contributed by atoms with Gasteiger partial charge in [-0.15, -0.1) is 0 Å². The van der Waals surface area contributed by atoms with Gasteiger partial charge < -0.3 is 5.32 Å². The van der Waals surface area contributed by atoms with Crippen LogP contribution in [0.25, 0.3) is 0 Å². The summed E-state index contributed by atoms with van der Waals surface area (Å²) in [6.45, 7) is 3.42. The molecule has 21 heavy (non-hydrogen) atoms. The average molecular weight is 375 g/mol. The highest BCUT2D eigenvalue weighted by atomic mass is 79.9. The zero-order valence-electron chi connectivity index (χ0n) is 12.6. The third kappa shape index (κ3) is 3.86. The van der Waals surface area contributed by atoms with Crippen molar-refractivity contribution in [3.05, 3.63) is 28.2 Å². The maximum absolute atomic E-state index is 13.0. The molecule has 1 saturated heterocycles. The summed E-state index contributed by atoms with van der Waals surface area (Å²) in [5.41, 5.74) is 1.05. The fourth-order valence-corrected chi connectivity index (χ4v) is 5.71. The summed E-state index contributed by atoms with van der Waals surface area (Å²) in [4.78, 5) is 0.379. The number of nitrogens with zero attached hydrogens (tertiary/aromatic N) is 1. The molecule has 0 amide bonds. The van der Waals surface area contributed by atoms with Crippen molar-refractivity contribution in [2.45, 2.75) is 43.5 Å². The van der Waals surface area contributed by atoms with E-state index in [1.165, 1.54) is 0 Å². The van der Waals surface area contributed by atoms with Crippen LogP contribution >= 0.6 is 15.9 Å². The Morgan fingerprint density at radius 1 is 1.38 bits per heavy atom. The first kappa shape index (κ1) is 16.9. The lowest BCUT2D eigenvalue weighted by Crippen LogP contribution is -2.44. The van der Waals surface area contributed by atoms with E-state index in [9.17, 15) is 8.42 Å². The molecule has 4 nitrogen and oxygen atoms in total. The lowest BCUT2D eigenvalue weighted by atomic mass is 10.0. The Morgan fingerprint density at radius 2 is 2.14 bits per heavy atom. The van der Waals surface area contributed by atoms with Gasteiger partial charge in [0.05, 0.1) is 4.90 Å². The number of hydrogen-bond acceptors (Lipinski definition) is 3. The van der Waals surface area contributed by atoms with Crippen LogP contribution in [0.3, 0.4) is 0 Å². The average Bonchev–Trinajstić information content (AvgIpc) is 2.45. The summed E-state index contributed by atoms with van der Waals surface area (Å²) in [5, 5.41) is 3.11. The minimum atomic E-state index is -3.43. The lowest BCUT2D eigenvalue weighted by molar-refractivity contribution is 0.240. The molecule has 0 saturated carbocycles. The van der Waals surface area contributed by atoms with Crippen molar-refractivity contribution in [3.8, 4) is 0 Å². The highest BCUT2D eigenvalue weighted by Crippen LogP contribution is 2.31. The van der Waals surface area contributed by atoms with Crippen LogP contribution in [0.1, 0.15) is 31.2 Å². The molecule has 0 aliphatic carbocycles. The number of piperidine rings is 1. The summed E-state index contributed by atoms with van der Waals surface area (Å²) in [6.07, 6.45) is 3.86. The maximum atomic E-state index is 13.0. The van der Waals surface area contributed by atoms with Gasteiger partial charge in [0, 0.05) is 17.1 Å². The van der Waals surface area contributed by atoms with Gasteiger partial charge >= 0.3 is 0 Å². The molecule has 1 unspecified atom stereocenters. The Bertz CT molecular complexity index is 589. The predicted octanol–water partition coefficient (Wildman–Crippen LogP) is 2.91. The van der Waals surface area contributed by atoms with Gasteiger partial charge in [0.25, 0.3) is 0 Å². The Balaban J connectivity index is 2.31. The Morgan fingerprint density at radius 3 is 2.81 bits per heavy atom. The second-order valence-corrected chi connectivity index (χ2v) is 8.30. The monoisotopic (exact) mass is 374 g/mol. The van der Waals surface area contributed by atoms with E-state index in [2.05, 4.69) is 21.2 Å². The number of hydrogen-bond donors (Lipinski definition) is 1. The zero-order valence-corrected chi connectivity index (χ0v) is 15.0. The Hall–Kier alpha value is -0.430. The predicted molar refractivity (Wildman–Crippen MR) is 89.0 cm³/mol. The van der Waals surface area contributed by atoms with Crippen LogP contribution in [0.5, 0.6) is 0 Å². The van der Waals surface area contributed by atoms with Crippen molar-refractivity contribution >= 4 is 26.0 Å². The molecular weight excluding hydrogens is 352 g/mol. The summed E-state index contributed by atoms with van der Waals surface area (Å²) in [6, 6.07) is 5.52. The molecular formula is C15H23BrN2O2S. The molecule has 1 heterocycles. The number of aryl methyl sites for hydroxylation is 1. The number of sulfonamides is 1. The third-order valence-electron chi connectivity index (χ3n) is 3.97. The first-order valence-corrected chi connectivity index (χ1v) is 9.62. The molecule has 0 radical (unpaired) electrons. The van der Waals surface area contributed by atoms with Gasteiger partial charge in [0.2, 0.25) is 10.0 Å². The minimum absolute atomic E-state index is 0.101. The summed E-state index contributed by atoms with van der Waals surface area (Å²) < 4.78 is 28.3. The van der Waals surface area contributed by atoms with Crippen LogP contribution in [0.15, 0.2) is 27.6 Å². The first-order valence-electron chi connectivity index (χ1n) is 7.39. The van der Waals surface area contributed by atoms with Crippen LogP contribution in [-0.4, -0.2) is 38.9 Å².